The molecule has 0 saturated carbocycles. The van der Waals surface area contributed by atoms with Crippen molar-refractivity contribution in [1.82, 2.24) is 5.32 Å². The van der Waals surface area contributed by atoms with E-state index >= 15 is 0 Å². The number of aliphatic hydroxyl groups is 5. The van der Waals surface area contributed by atoms with Crippen molar-refractivity contribution >= 4 is 0 Å². The second-order valence-electron chi connectivity index (χ2n) is 2.81. The van der Waals surface area contributed by atoms with Crippen LogP contribution in [0.3, 0.4) is 0 Å². The maximum Gasteiger partial charge on any atom is 0.110 e. The summed E-state index contributed by atoms with van der Waals surface area (Å²) in [5.41, 5.74) is 0. The molecule has 6 heteroatoms. The Hall–Kier alpha value is -0.240. The maximum absolute atomic E-state index is 9.34. The molecule has 0 fully saturated rings. The average molecular weight is 195 g/mol. The summed E-state index contributed by atoms with van der Waals surface area (Å²) in [6.45, 7) is -1.01. The topological polar surface area (TPSA) is 113 Å². The van der Waals surface area contributed by atoms with Crippen molar-refractivity contribution in [3.63, 3.8) is 0 Å². The van der Waals surface area contributed by atoms with Crippen LogP contribution in [0, 0.1) is 0 Å². The lowest BCUT2D eigenvalue weighted by Crippen LogP contribution is -2.51. The van der Waals surface area contributed by atoms with E-state index in [4.69, 9.17) is 15.3 Å². The minimum absolute atomic E-state index is 0.368. The number of rotatable bonds is 6. The Morgan fingerprint density at radius 3 is 1.85 bits per heavy atom. The summed E-state index contributed by atoms with van der Waals surface area (Å²) >= 11 is 0. The van der Waals surface area contributed by atoms with Gasteiger partial charge < -0.3 is 30.8 Å². The van der Waals surface area contributed by atoms with Crippen molar-refractivity contribution in [2.45, 2.75) is 24.4 Å². The third kappa shape index (κ3) is 3.55. The SMILES string of the molecule is CN[C@@H](CO)[C@@H](O)[C@H](O)[C@H](O)CO. The molecule has 80 valence electrons. The highest BCUT2D eigenvalue weighted by atomic mass is 16.4. The molecule has 0 unspecified atom stereocenters. The summed E-state index contributed by atoms with van der Waals surface area (Å²) in [6, 6.07) is -0.726. The summed E-state index contributed by atoms with van der Waals surface area (Å²) in [7, 11) is 1.50. The van der Waals surface area contributed by atoms with Crippen LogP contribution in [0.5, 0.6) is 0 Å². The Morgan fingerprint density at radius 1 is 1.00 bits per heavy atom. The van der Waals surface area contributed by atoms with Gasteiger partial charge in [0.1, 0.15) is 12.2 Å². The van der Waals surface area contributed by atoms with E-state index in [-0.39, 0.29) is 6.61 Å². The van der Waals surface area contributed by atoms with Crippen LogP contribution >= 0.6 is 0 Å². The predicted molar refractivity (Wildman–Crippen MR) is 45.0 cm³/mol. The van der Waals surface area contributed by atoms with E-state index in [9.17, 15) is 10.2 Å². The quantitative estimate of drug-likeness (QED) is 0.264. The van der Waals surface area contributed by atoms with Gasteiger partial charge in [-0.15, -0.1) is 0 Å². The largest absolute Gasteiger partial charge is 0.395 e. The van der Waals surface area contributed by atoms with Gasteiger partial charge in [-0.25, -0.2) is 0 Å². The molecular weight excluding hydrogens is 178 g/mol. The molecule has 0 aliphatic heterocycles. The van der Waals surface area contributed by atoms with Crippen LogP contribution in [0.25, 0.3) is 0 Å². The first-order valence-electron chi connectivity index (χ1n) is 4.01. The Kier molecular flexibility index (Phi) is 6.13. The highest BCUT2D eigenvalue weighted by Crippen LogP contribution is 2.04. The van der Waals surface area contributed by atoms with Gasteiger partial charge in [0.05, 0.1) is 25.4 Å². The minimum Gasteiger partial charge on any atom is -0.395 e. The zero-order valence-electron chi connectivity index (χ0n) is 7.46. The molecule has 0 aromatic heterocycles. The van der Waals surface area contributed by atoms with E-state index in [0.29, 0.717) is 0 Å². The molecule has 0 radical (unpaired) electrons. The van der Waals surface area contributed by atoms with Crippen LogP contribution in [0.1, 0.15) is 0 Å². The Labute approximate surface area is 76.4 Å². The number of hydrogen-bond donors (Lipinski definition) is 6. The zero-order chi connectivity index (χ0) is 10.4. The summed E-state index contributed by atoms with van der Waals surface area (Å²) in [5.74, 6) is 0. The average Bonchev–Trinajstić information content (AvgIpc) is 2.17. The van der Waals surface area contributed by atoms with Crippen molar-refractivity contribution in [1.29, 1.82) is 0 Å². The van der Waals surface area contributed by atoms with Crippen LogP contribution < -0.4 is 5.32 Å². The second kappa shape index (κ2) is 6.25. The maximum atomic E-state index is 9.34. The van der Waals surface area contributed by atoms with Gasteiger partial charge in [0.25, 0.3) is 0 Å². The summed E-state index contributed by atoms with van der Waals surface area (Å²) in [6.07, 6.45) is -4.20. The van der Waals surface area contributed by atoms with Gasteiger partial charge in [0, 0.05) is 0 Å². The van der Waals surface area contributed by atoms with E-state index in [0.717, 1.165) is 0 Å². The first kappa shape index (κ1) is 12.8. The van der Waals surface area contributed by atoms with Gasteiger partial charge in [-0.05, 0) is 7.05 Å². The first-order valence-corrected chi connectivity index (χ1v) is 4.01. The van der Waals surface area contributed by atoms with E-state index in [1.807, 2.05) is 0 Å². The smallest absolute Gasteiger partial charge is 0.110 e. The molecular formula is C7H17NO5. The predicted octanol–water partition coefficient (Wildman–Crippen LogP) is -3.36. The number of nitrogens with one attached hydrogen (secondary N) is 1. The van der Waals surface area contributed by atoms with Crippen molar-refractivity contribution in [2.75, 3.05) is 20.3 Å². The van der Waals surface area contributed by atoms with E-state index in [2.05, 4.69) is 5.32 Å². The molecule has 0 saturated heterocycles. The third-order valence-corrected chi connectivity index (χ3v) is 1.91. The molecule has 0 spiro atoms. The first-order chi connectivity index (χ1) is 6.08. The molecule has 0 aromatic rings. The van der Waals surface area contributed by atoms with Crippen LogP contribution in [0.2, 0.25) is 0 Å². The highest BCUT2D eigenvalue weighted by Gasteiger charge is 2.29. The third-order valence-electron chi connectivity index (χ3n) is 1.91. The van der Waals surface area contributed by atoms with Gasteiger partial charge in [0.2, 0.25) is 0 Å². The molecule has 4 atom stereocenters. The van der Waals surface area contributed by atoms with Crippen LogP contribution in [0.4, 0.5) is 0 Å². The molecule has 0 amide bonds. The van der Waals surface area contributed by atoms with Gasteiger partial charge in [0.15, 0.2) is 0 Å². The Balaban J connectivity index is 4.13. The summed E-state index contributed by atoms with van der Waals surface area (Å²) in [5, 5.41) is 47.3. The lowest BCUT2D eigenvalue weighted by atomic mass is 10.0. The molecule has 0 bridgehead atoms. The van der Waals surface area contributed by atoms with Crippen molar-refractivity contribution < 1.29 is 25.5 Å². The fraction of sp³-hybridized carbons (Fsp3) is 1.00. The van der Waals surface area contributed by atoms with Gasteiger partial charge in [-0.2, -0.15) is 0 Å². The van der Waals surface area contributed by atoms with Crippen LogP contribution in [-0.2, 0) is 0 Å². The molecule has 0 rings (SSSR count). The number of hydrogen-bond acceptors (Lipinski definition) is 6. The monoisotopic (exact) mass is 195 g/mol. The van der Waals surface area contributed by atoms with Gasteiger partial charge in [-0.3, -0.25) is 0 Å². The lowest BCUT2D eigenvalue weighted by molar-refractivity contribution is -0.0908. The van der Waals surface area contributed by atoms with E-state index < -0.39 is 31.0 Å². The van der Waals surface area contributed by atoms with Crippen LogP contribution in [-0.4, -0.2) is 70.1 Å². The molecule has 6 nitrogen and oxygen atoms in total. The summed E-state index contributed by atoms with van der Waals surface area (Å²) in [4.78, 5) is 0. The zero-order valence-corrected chi connectivity index (χ0v) is 7.46. The summed E-state index contributed by atoms with van der Waals surface area (Å²) < 4.78 is 0. The van der Waals surface area contributed by atoms with E-state index in [1.165, 1.54) is 7.05 Å². The minimum atomic E-state index is -1.48. The second-order valence-corrected chi connectivity index (χ2v) is 2.81. The molecule has 13 heavy (non-hydrogen) atoms. The molecule has 0 aliphatic carbocycles. The molecule has 6 N–H and O–H groups in total. The number of likely N-dealkylation sites (N-methyl/N-ethyl adjacent to an activating group) is 1. The fourth-order valence-corrected chi connectivity index (χ4v) is 0.944. The Morgan fingerprint density at radius 2 is 1.54 bits per heavy atom. The Bertz CT molecular complexity index is 130. The normalized spacial score (nSPS) is 20.8. The van der Waals surface area contributed by atoms with Gasteiger partial charge >= 0.3 is 0 Å². The van der Waals surface area contributed by atoms with Crippen molar-refractivity contribution in [3.05, 3.63) is 0 Å². The van der Waals surface area contributed by atoms with Crippen molar-refractivity contribution in [3.8, 4) is 0 Å². The van der Waals surface area contributed by atoms with Crippen molar-refractivity contribution in [2.24, 2.45) is 0 Å². The lowest BCUT2D eigenvalue weighted by Gasteiger charge is -2.27. The number of aliphatic hydroxyl groups excluding tert-OH is 5. The van der Waals surface area contributed by atoms with Crippen LogP contribution in [0.15, 0.2) is 0 Å². The molecule has 0 heterocycles. The van der Waals surface area contributed by atoms with E-state index in [1.54, 1.807) is 0 Å². The van der Waals surface area contributed by atoms with Gasteiger partial charge in [-0.1, -0.05) is 0 Å². The fourth-order valence-electron chi connectivity index (χ4n) is 0.944. The molecule has 0 aromatic carbocycles. The highest BCUT2D eigenvalue weighted by molar-refractivity contribution is 4.83. The standard InChI is InChI=1S/C7H17NO5/c1-8-4(2-9)6(12)7(13)5(11)3-10/h4-13H,2-3H2,1H3/t4-,5+,6+,7+/m0/s1. The molecule has 0 aliphatic rings.